The molecule has 0 spiro atoms. The maximum atomic E-state index is 13.7. The molecule has 2 aliphatic rings. The third kappa shape index (κ3) is 3.65. The van der Waals surface area contributed by atoms with Crippen LogP contribution in [0.5, 0.6) is 5.75 Å². The number of benzene rings is 3. The summed E-state index contributed by atoms with van der Waals surface area (Å²) in [6.07, 6.45) is 0. The van der Waals surface area contributed by atoms with Gasteiger partial charge in [0, 0.05) is 12.1 Å². The number of hydrogen-bond acceptors (Lipinski definition) is 4. The van der Waals surface area contributed by atoms with E-state index in [0.717, 1.165) is 5.56 Å². The molecule has 0 saturated carbocycles. The Balaban J connectivity index is 1.48. The molecule has 0 radical (unpaired) electrons. The van der Waals surface area contributed by atoms with Gasteiger partial charge in [-0.25, -0.2) is 14.0 Å². The molecule has 5 rings (SSSR count). The third-order valence-electron chi connectivity index (χ3n) is 6.34. The zero-order chi connectivity index (χ0) is 24.7. The van der Waals surface area contributed by atoms with E-state index in [-0.39, 0.29) is 24.7 Å². The Morgan fingerprint density at radius 2 is 1.80 bits per heavy atom. The van der Waals surface area contributed by atoms with E-state index < -0.39 is 23.3 Å². The van der Waals surface area contributed by atoms with Gasteiger partial charge in [-0.05, 0) is 46.5 Å². The van der Waals surface area contributed by atoms with Crippen LogP contribution in [-0.4, -0.2) is 36.4 Å². The van der Waals surface area contributed by atoms with E-state index in [2.05, 4.69) is 15.5 Å². The summed E-state index contributed by atoms with van der Waals surface area (Å²) >= 11 is 0. The first-order valence-electron chi connectivity index (χ1n) is 10.7. The molecule has 0 bridgehead atoms. The van der Waals surface area contributed by atoms with Gasteiger partial charge in [-0.3, -0.25) is 14.9 Å². The minimum absolute atomic E-state index is 0.0713. The van der Waals surface area contributed by atoms with Crippen molar-refractivity contribution in [3.05, 3.63) is 94.6 Å². The van der Waals surface area contributed by atoms with Crippen LogP contribution in [0.4, 0.5) is 14.9 Å². The normalized spacial score (nSPS) is 18.7. The molecule has 0 aromatic heterocycles. The fourth-order valence-electron chi connectivity index (χ4n) is 4.50. The molecule has 174 valence electrons. The number of carbonyl (C=O) groups excluding carboxylic acids is 3. The van der Waals surface area contributed by atoms with Crippen LogP contribution in [0, 0.1) is 12.4 Å². The number of nitrogens with one attached hydrogen (secondary N) is 2. The number of carbonyl (C=O) groups is 3. The topological polar surface area (TPSA) is 92.1 Å². The number of methoxy groups -OCH3 is 1. The van der Waals surface area contributed by atoms with Gasteiger partial charge in [-0.15, -0.1) is 0 Å². The van der Waals surface area contributed by atoms with Gasteiger partial charge in [-0.1, -0.05) is 36.4 Å². The van der Waals surface area contributed by atoms with E-state index in [0.29, 0.717) is 28.0 Å². The molecule has 2 aliphatic heterocycles. The van der Waals surface area contributed by atoms with E-state index in [9.17, 15) is 18.8 Å². The van der Waals surface area contributed by atoms with Crippen LogP contribution in [0.2, 0.25) is 0 Å². The molecule has 8 nitrogen and oxygen atoms in total. The van der Waals surface area contributed by atoms with Gasteiger partial charge in [0.05, 0.1) is 20.2 Å². The lowest BCUT2D eigenvalue weighted by Gasteiger charge is -2.31. The van der Waals surface area contributed by atoms with E-state index >= 15 is 0 Å². The van der Waals surface area contributed by atoms with Crippen molar-refractivity contribution in [1.82, 2.24) is 15.5 Å². The number of rotatable bonds is 5. The number of halogens is 1. The quantitative estimate of drug-likeness (QED) is 0.439. The Bertz CT molecular complexity index is 1430. The fraction of sp³-hybridized carbons (Fsp3) is 0.154. The highest BCUT2D eigenvalue weighted by Crippen LogP contribution is 2.34. The predicted molar refractivity (Wildman–Crippen MR) is 124 cm³/mol. The molecule has 4 amide bonds. The number of amides is 4. The minimum atomic E-state index is -1.48. The second kappa shape index (κ2) is 8.25. The lowest BCUT2D eigenvalue weighted by atomic mass is 9.88. The zero-order valence-corrected chi connectivity index (χ0v) is 18.6. The Kier molecular flexibility index (Phi) is 5.21. The number of urea groups is 1. The lowest BCUT2D eigenvalue weighted by Crippen LogP contribution is -2.52. The summed E-state index contributed by atoms with van der Waals surface area (Å²) in [5, 5.41) is 4.99. The van der Waals surface area contributed by atoms with Gasteiger partial charge in [-0.2, -0.15) is 0 Å². The second-order valence-electron chi connectivity index (χ2n) is 8.35. The van der Waals surface area contributed by atoms with E-state index in [4.69, 9.17) is 11.3 Å². The van der Waals surface area contributed by atoms with Crippen LogP contribution in [0.15, 0.2) is 60.7 Å². The van der Waals surface area contributed by atoms with Gasteiger partial charge in [0.15, 0.2) is 5.54 Å². The number of hydrogen-bond donors (Lipinski definition) is 2. The van der Waals surface area contributed by atoms with Gasteiger partial charge >= 0.3 is 6.03 Å². The lowest BCUT2D eigenvalue weighted by molar-refractivity contribution is -0.124. The summed E-state index contributed by atoms with van der Waals surface area (Å²) in [7, 11) is 1.52. The monoisotopic (exact) mass is 470 g/mol. The molecule has 1 fully saturated rings. The average Bonchev–Trinajstić information content (AvgIpc) is 3.34. The molecule has 1 atom stereocenters. The number of fused-ring (bicyclic) bond motifs is 1. The summed E-state index contributed by atoms with van der Waals surface area (Å²) in [6.45, 7) is 7.33. The van der Waals surface area contributed by atoms with Crippen molar-refractivity contribution in [3.63, 3.8) is 0 Å². The zero-order valence-electron chi connectivity index (χ0n) is 18.6. The maximum absolute atomic E-state index is 13.7. The number of ether oxygens (including phenoxy) is 1. The highest BCUT2D eigenvalue weighted by molar-refractivity contribution is 6.08. The van der Waals surface area contributed by atoms with Crippen LogP contribution < -0.4 is 15.4 Å². The van der Waals surface area contributed by atoms with Crippen LogP contribution in [0.1, 0.15) is 21.5 Å². The van der Waals surface area contributed by atoms with Gasteiger partial charge in [0.2, 0.25) is 5.69 Å². The number of nitrogens with zero attached hydrogens (tertiary/aromatic N) is 2. The molecular weight excluding hydrogens is 451 g/mol. The van der Waals surface area contributed by atoms with Crippen LogP contribution in [-0.2, 0) is 16.9 Å². The molecule has 0 unspecified atom stereocenters. The SMILES string of the molecule is [C-]#[N+]c1cc(-c2ccc([C@]3(CN4Cc5ccc(OC)cc5C4=O)NC(=O)NC3=O)cc2)ccc1F. The summed E-state index contributed by atoms with van der Waals surface area (Å²) in [5.41, 5.74) is 1.55. The Morgan fingerprint density at radius 1 is 1.06 bits per heavy atom. The molecule has 2 N–H and O–H groups in total. The van der Waals surface area contributed by atoms with Crippen LogP contribution in [0.25, 0.3) is 16.0 Å². The Hall–Kier alpha value is -4.71. The van der Waals surface area contributed by atoms with E-state index in [1.165, 1.54) is 24.1 Å². The largest absolute Gasteiger partial charge is 0.497 e. The summed E-state index contributed by atoms with van der Waals surface area (Å²) in [6, 6.07) is 15.6. The van der Waals surface area contributed by atoms with Gasteiger partial charge in [0.1, 0.15) is 11.6 Å². The first-order chi connectivity index (χ1) is 16.8. The van der Waals surface area contributed by atoms with Crippen LogP contribution >= 0.6 is 0 Å². The van der Waals surface area contributed by atoms with Crippen molar-refractivity contribution in [1.29, 1.82) is 0 Å². The molecule has 2 heterocycles. The van der Waals surface area contributed by atoms with Crippen LogP contribution in [0.3, 0.4) is 0 Å². The van der Waals surface area contributed by atoms with E-state index in [1.807, 2.05) is 0 Å². The highest BCUT2D eigenvalue weighted by Gasteiger charge is 2.50. The minimum Gasteiger partial charge on any atom is -0.497 e. The average molecular weight is 470 g/mol. The van der Waals surface area contributed by atoms with Crippen molar-refractivity contribution in [2.45, 2.75) is 12.1 Å². The maximum Gasteiger partial charge on any atom is 0.322 e. The molecule has 3 aromatic rings. The third-order valence-corrected chi connectivity index (χ3v) is 6.34. The Morgan fingerprint density at radius 3 is 2.46 bits per heavy atom. The van der Waals surface area contributed by atoms with Gasteiger partial charge in [0.25, 0.3) is 11.8 Å². The van der Waals surface area contributed by atoms with Crippen molar-refractivity contribution >= 4 is 23.5 Å². The molecule has 3 aromatic carbocycles. The molecule has 0 aliphatic carbocycles. The van der Waals surface area contributed by atoms with Crippen molar-refractivity contribution in [3.8, 4) is 16.9 Å². The molecule has 35 heavy (non-hydrogen) atoms. The Labute approximate surface area is 200 Å². The first-order valence-corrected chi connectivity index (χ1v) is 10.7. The van der Waals surface area contributed by atoms with E-state index in [1.54, 1.807) is 48.5 Å². The van der Waals surface area contributed by atoms with Crippen molar-refractivity contribution in [2.24, 2.45) is 0 Å². The van der Waals surface area contributed by atoms with Crippen molar-refractivity contribution < 1.29 is 23.5 Å². The standard InChI is InChI=1S/C26H19FN4O4/c1-28-22-11-16(6-10-21(22)27)15-3-7-18(8-4-15)26(24(33)29-25(34)30-26)14-31-13-17-5-9-19(35-2)12-20(17)23(31)32/h3-12H,13-14H2,2H3,(H2,29,30,33,34)/t26-/m0/s1. The number of imide groups is 1. The summed E-state index contributed by atoms with van der Waals surface area (Å²) in [5.74, 6) is -0.868. The second-order valence-corrected chi connectivity index (χ2v) is 8.35. The molecule has 1 saturated heterocycles. The first kappa shape index (κ1) is 22.1. The molecular formula is C26H19FN4O4. The van der Waals surface area contributed by atoms with Crippen molar-refractivity contribution in [2.75, 3.05) is 13.7 Å². The summed E-state index contributed by atoms with van der Waals surface area (Å²) in [4.78, 5) is 43.0. The summed E-state index contributed by atoms with van der Waals surface area (Å²) < 4.78 is 18.9. The molecule has 9 heteroatoms. The van der Waals surface area contributed by atoms with Gasteiger partial charge < -0.3 is 15.0 Å². The highest BCUT2D eigenvalue weighted by atomic mass is 19.1. The predicted octanol–water partition coefficient (Wildman–Crippen LogP) is 3.74. The fourth-order valence-corrected chi connectivity index (χ4v) is 4.50. The smallest absolute Gasteiger partial charge is 0.322 e.